The van der Waals surface area contributed by atoms with E-state index in [-0.39, 0.29) is 0 Å². The molecule has 3 rings (SSSR count). The number of nitrogens with one attached hydrogen (secondary N) is 1. The molecule has 1 aromatic carbocycles. The minimum atomic E-state index is 0.920. The van der Waals surface area contributed by atoms with Crippen LogP contribution in [0.5, 0.6) is 0 Å². The number of aryl methyl sites for hydroxylation is 1. The summed E-state index contributed by atoms with van der Waals surface area (Å²) in [6, 6.07) is 8.50. The van der Waals surface area contributed by atoms with Crippen LogP contribution >= 0.6 is 0 Å². The first-order chi connectivity index (χ1) is 7.95. The summed E-state index contributed by atoms with van der Waals surface area (Å²) in [6.45, 7) is 0.920. The summed E-state index contributed by atoms with van der Waals surface area (Å²) in [5.74, 6) is 0. The minimum absolute atomic E-state index is 0.920. The number of rotatable bonds is 0. The van der Waals surface area contributed by atoms with E-state index in [1.807, 2.05) is 12.3 Å². The van der Waals surface area contributed by atoms with Crippen LogP contribution in [0.1, 0.15) is 17.7 Å². The normalized spacial score (nSPS) is 17.5. The zero-order valence-corrected chi connectivity index (χ0v) is 9.11. The van der Waals surface area contributed by atoms with Crippen molar-refractivity contribution in [3.05, 3.63) is 41.6 Å². The van der Waals surface area contributed by atoms with Crippen molar-refractivity contribution in [1.29, 1.82) is 0 Å². The molecule has 0 fully saturated rings. The van der Waals surface area contributed by atoms with Gasteiger partial charge in [0.2, 0.25) is 0 Å². The molecule has 0 atom stereocenters. The Bertz CT molecular complexity index is 561. The van der Waals surface area contributed by atoms with Crippen LogP contribution in [0.15, 0.2) is 35.3 Å². The number of H-pyrrole nitrogens is 1. The van der Waals surface area contributed by atoms with E-state index < -0.39 is 0 Å². The molecular weight excluding hydrogens is 196 g/mol. The van der Waals surface area contributed by atoms with Gasteiger partial charge < -0.3 is 4.98 Å². The van der Waals surface area contributed by atoms with Gasteiger partial charge in [0, 0.05) is 29.4 Å². The molecule has 2 heterocycles. The second-order valence-corrected chi connectivity index (χ2v) is 4.08. The van der Waals surface area contributed by atoms with Crippen LogP contribution in [0.25, 0.3) is 17.0 Å². The van der Waals surface area contributed by atoms with Crippen molar-refractivity contribution in [3.8, 4) is 0 Å². The van der Waals surface area contributed by atoms with E-state index in [1.54, 1.807) is 0 Å². The van der Waals surface area contributed by atoms with Crippen LogP contribution in [0, 0.1) is 0 Å². The minimum Gasteiger partial charge on any atom is -0.355 e. The number of fused-ring (bicyclic) bond motifs is 3. The summed E-state index contributed by atoms with van der Waals surface area (Å²) in [4.78, 5) is 7.77. The predicted octanol–water partition coefficient (Wildman–Crippen LogP) is 3.20. The fourth-order valence-corrected chi connectivity index (χ4v) is 2.25. The Balaban J connectivity index is 2.20. The number of hydrogen-bond donors (Lipinski definition) is 1. The second-order valence-electron chi connectivity index (χ2n) is 4.08. The van der Waals surface area contributed by atoms with E-state index in [2.05, 4.69) is 40.3 Å². The molecule has 1 aromatic heterocycles. The van der Waals surface area contributed by atoms with E-state index in [0.717, 1.165) is 19.4 Å². The lowest BCUT2D eigenvalue weighted by molar-refractivity contribution is 0.840. The van der Waals surface area contributed by atoms with Crippen molar-refractivity contribution in [1.82, 2.24) is 4.98 Å². The molecule has 0 unspecified atom stereocenters. The number of para-hydroxylation sites is 1. The third-order valence-corrected chi connectivity index (χ3v) is 3.01. The second kappa shape index (κ2) is 3.97. The van der Waals surface area contributed by atoms with Gasteiger partial charge in [0.1, 0.15) is 0 Å². The smallest absolute Gasteiger partial charge is 0.0461 e. The predicted molar refractivity (Wildman–Crippen MR) is 69.0 cm³/mol. The highest BCUT2D eigenvalue weighted by atomic mass is 14.7. The van der Waals surface area contributed by atoms with Crippen LogP contribution in [-0.4, -0.2) is 17.7 Å². The summed E-state index contributed by atoms with van der Waals surface area (Å²) in [7, 11) is 0. The molecule has 0 aliphatic carbocycles. The monoisotopic (exact) mass is 210 g/mol. The van der Waals surface area contributed by atoms with E-state index in [9.17, 15) is 0 Å². The summed E-state index contributed by atoms with van der Waals surface area (Å²) >= 11 is 0. The molecule has 80 valence electrons. The molecule has 0 spiro atoms. The lowest BCUT2D eigenvalue weighted by atomic mass is 10.1. The topological polar surface area (TPSA) is 28.1 Å². The molecule has 0 saturated heterocycles. The summed E-state index contributed by atoms with van der Waals surface area (Å²) < 4.78 is 0. The van der Waals surface area contributed by atoms with E-state index in [1.165, 1.54) is 22.2 Å². The lowest BCUT2D eigenvalue weighted by Gasteiger charge is -1.99. The SMILES string of the molecule is C1=NCCCc2c([nH]c3ccccc23)/C=C\1. The van der Waals surface area contributed by atoms with Crippen LogP contribution in [0.3, 0.4) is 0 Å². The summed E-state index contributed by atoms with van der Waals surface area (Å²) in [5.41, 5.74) is 3.89. The number of aromatic nitrogens is 1. The van der Waals surface area contributed by atoms with Gasteiger partial charge in [0.15, 0.2) is 0 Å². The van der Waals surface area contributed by atoms with Crippen molar-refractivity contribution in [2.45, 2.75) is 12.8 Å². The van der Waals surface area contributed by atoms with Gasteiger partial charge in [0.25, 0.3) is 0 Å². The van der Waals surface area contributed by atoms with Gasteiger partial charge in [-0.3, -0.25) is 4.99 Å². The Morgan fingerprint density at radius 2 is 2.12 bits per heavy atom. The van der Waals surface area contributed by atoms with E-state index >= 15 is 0 Å². The van der Waals surface area contributed by atoms with Crippen LogP contribution < -0.4 is 0 Å². The van der Waals surface area contributed by atoms with E-state index in [4.69, 9.17) is 0 Å². The molecule has 0 saturated carbocycles. The molecule has 1 N–H and O–H groups in total. The average molecular weight is 210 g/mol. The molecule has 0 amide bonds. The molecule has 2 nitrogen and oxygen atoms in total. The third kappa shape index (κ3) is 1.56. The third-order valence-electron chi connectivity index (χ3n) is 3.01. The van der Waals surface area contributed by atoms with Crippen molar-refractivity contribution in [3.63, 3.8) is 0 Å². The molecule has 1 aliphatic heterocycles. The summed E-state index contributed by atoms with van der Waals surface area (Å²) in [6.07, 6.45) is 8.23. The number of allylic oxidation sites excluding steroid dienone is 1. The Hall–Kier alpha value is -1.83. The molecule has 2 heteroatoms. The quantitative estimate of drug-likeness (QED) is 0.691. The number of benzene rings is 1. The first-order valence-electron chi connectivity index (χ1n) is 5.71. The zero-order valence-electron chi connectivity index (χ0n) is 9.11. The maximum absolute atomic E-state index is 4.31. The maximum Gasteiger partial charge on any atom is 0.0461 e. The van der Waals surface area contributed by atoms with Crippen molar-refractivity contribution >= 4 is 23.2 Å². The van der Waals surface area contributed by atoms with Crippen LogP contribution in [0.2, 0.25) is 0 Å². The Labute approximate surface area is 94.7 Å². The molecular formula is C14H14N2. The Kier molecular flexibility index (Phi) is 2.33. The van der Waals surface area contributed by atoms with Crippen molar-refractivity contribution in [2.24, 2.45) is 4.99 Å². The average Bonchev–Trinajstić information content (AvgIpc) is 2.69. The Morgan fingerprint density at radius 1 is 1.19 bits per heavy atom. The fraction of sp³-hybridized carbons (Fsp3) is 0.214. The van der Waals surface area contributed by atoms with Gasteiger partial charge in [-0.1, -0.05) is 18.2 Å². The number of aromatic amines is 1. The number of hydrogen-bond acceptors (Lipinski definition) is 1. The van der Waals surface area contributed by atoms with Crippen molar-refractivity contribution in [2.75, 3.05) is 6.54 Å². The number of nitrogens with zero attached hydrogens (tertiary/aromatic N) is 1. The van der Waals surface area contributed by atoms with Crippen LogP contribution in [0.4, 0.5) is 0 Å². The van der Waals surface area contributed by atoms with Gasteiger partial charge in [-0.05, 0) is 36.6 Å². The fourth-order valence-electron chi connectivity index (χ4n) is 2.25. The molecule has 0 bridgehead atoms. The highest BCUT2D eigenvalue weighted by Gasteiger charge is 2.08. The number of aliphatic imine (C=N–C) groups is 1. The van der Waals surface area contributed by atoms with Gasteiger partial charge in [-0.2, -0.15) is 0 Å². The van der Waals surface area contributed by atoms with Gasteiger partial charge in [-0.15, -0.1) is 0 Å². The van der Waals surface area contributed by atoms with Gasteiger partial charge >= 0.3 is 0 Å². The zero-order chi connectivity index (χ0) is 10.8. The first-order valence-corrected chi connectivity index (χ1v) is 5.71. The molecule has 2 aromatic rings. The lowest BCUT2D eigenvalue weighted by Crippen LogP contribution is -1.89. The van der Waals surface area contributed by atoms with Crippen LogP contribution in [-0.2, 0) is 6.42 Å². The maximum atomic E-state index is 4.31. The van der Waals surface area contributed by atoms with E-state index in [0.29, 0.717) is 0 Å². The largest absolute Gasteiger partial charge is 0.355 e. The standard InChI is InChI=1S/C14H14N2/c1-2-7-13-11(5-1)12-6-3-9-15-10-4-8-14(12)16-13/h1-2,4-5,7-8,10,16H,3,6,9H2/b8-4-,15-10?. The van der Waals surface area contributed by atoms with Crippen molar-refractivity contribution < 1.29 is 0 Å². The molecule has 1 aliphatic rings. The molecule has 0 radical (unpaired) electrons. The highest BCUT2D eigenvalue weighted by Crippen LogP contribution is 2.24. The highest BCUT2D eigenvalue weighted by molar-refractivity contribution is 5.89. The Morgan fingerprint density at radius 3 is 3.12 bits per heavy atom. The van der Waals surface area contributed by atoms with Gasteiger partial charge in [0.05, 0.1) is 0 Å². The first kappa shape index (κ1) is 9.40. The molecule has 16 heavy (non-hydrogen) atoms. The summed E-state index contributed by atoms with van der Waals surface area (Å²) in [5, 5.41) is 1.35. The van der Waals surface area contributed by atoms with Gasteiger partial charge in [-0.25, -0.2) is 0 Å².